The summed E-state index contributed by atoms with van der Waals surface area (Å²) in [6, 6.07) is 17.0. The standard InChI is InChI=1S/C26H36NOP/c1-5-9-16-23-24-19-18-21(27(7-3)8-4)20-26(24)29(28,25(23)17-10-6-2)22-14-12-11-13-15-22/h11-15,18-20H,5-10,16-17H2,1-4H3. The van der Waals surface area contributed by atoms with Gasteiger partial charge in [-0.1, -0.05) is 63.1 Å². The number of hydrogen-bond acceptors (Lipinski definition) is 2. The molecule has 156 valence electrons. The van der Waals surface area contributed by atoms with Gasteiger partial charge in [0.25, 0.3) is 0 Å². The van der Waals surface area contributed by atoms with Crippen LogP contribution in [0.2, 0.25) is 0 Å². The summed E-state index contributed by atoms with van der Waals surface area (Å²) < 4.78 is 14.9. The van der Waals surface area contributed by atoms with E-state index in [4.69, 9.17) is 0 Å². The minimum Gasteiger partial charge on any atom is -0.372 e. The number of nitrogens with zero attached hydrogens (tertiary/aromatic N) is 1. The molecule has 1 heterocycles. The summed E-state index contributed by atoms with van der Waals surface area (Å²) in [4.78, 5) is 2.35. The molecule has 0 saturated carbocycles. The molecule has 0 fully saturated rings. The average Bonchev–Trinajstić information content (AvgIpc) is 3.00. The van der Waals surface area contributed by atoms with Gasteiger partial charge in [-0.25, -0.2) is 0 Å². The average molecular weight is 410 g/mol. The maximum Gasteiger partial charge on any atom is 0.168 e. The second-order valence-electron chi connectivity index (χ2n) is 7.95. The van der Waals surface area contributed by atoms with Crippen molar-refractivity contribution in [3.05, 3.63) is 59.4 Å². The summed E-state index contributed by atoms with van der Waals surface area (Å²) in [5.41, 5.74) is 3.80. The Kier molecular flexibility index (Phi) is 7.41. The van der Waals surface area contributed by atoms with Gasteiger partial charge in [0.1, 0.15) is 0 Å². The van der Waals surface area contributed by atoms with E-state index in [-0.39, 0.29) is 0 Å². The maximum absolute atomic E-state index is 14.9. The van der Waals surface area contributed by atoms with E-state index in [1.165, 1.54) is 22.1 Å². The van der Waals surface area contributed by atoms with E-state index in [1.807, 2.05) is 18.2 Å². The molecule has 29 heavy (non-hydrogen) atoms. The molecular formula is C26H36NOP. The highest BCUT2D eigenvalue weighted by atomic mass is 31.2. The predicted octanol–water partition coefficient (Wildman–Crippen LogP) is 6.95. The van der Waals surface area contributed by atoms with Crippen molar-refractivity contribution in [2.45, 2.75) is 66.2 Å². The molecule has 0 spiro atoms. The van der Waals surface area contributed by atoms with E-state index in [2.05, 4.69) is 62.9 Å². The van der Waals surface area contributed by atoms with Gasteiger partial charge < -0.3 is 9.46 Å². The Morgan fingerprint density at radius 1 is 0.828 bits per heavy atom. The number of benzene rings is 2. The summed E-state index contributed by atoms with van der Waals surface area (Å²) >= 11 is 0. The lowest BCUT2D eigenvalue weighted by Crippen LogP contribution is -2.24. The Hall–Kier alpha value is -1.79. The van der Waals surface area contributed by atoms with Crippen molar-refractivity contribution >= 4 is 29.0 Å². The quantitative estimate of drug-likeness (QED) is 0.396. The summed E-state index contributed by atoms with van der Waals surface area (Å²) in [5, 5.41) is 3.30. The molecule has 3 rings (SSSR count). The Labute approximate surface area is 177 Å². The molecular weight excluding hydrogens is 373 g/mol. The van der Waals surface area contributed by atoms with E-state index in [0.29, 0.717) is 0 Å². The predicted molar refractivity (Wildman–Crippen MR) is 129 cm³/mol. The highest BCUT2D eigenvalue weighted by Gasteiger charge is 2.41. The number of hydrogen-bond donors (Lipinski definition) is 0. The van der Waals surface area contributed by atoms with E-state index in [1.54, 1.807) is 0 Å². The van der Waals surface area contributed by atoms with Crippen molar-refractivity contribution in [2.75, 3.05) is 18.0 Å². The molecule has 0 radical (unpaired) electrons. The van der Waals surface area contributed by atoms with Crippen LogP contribution in [0.15, 0.2) is 53.8 Å². The molecule has 0 bridgehead atoms. The highest BCUT2D eigenvalue weighted by molar-refractivity contribution is 7.83. The first-order valence-electron chi connectivity index (χ1n) is 11.4. The molecule has 3 heteroatoms. The summed E-state index contributed by atoms with van der Waals surface area (Å²) in [6.45, 7) is 10.8. The first-order chi connectivity index (χ1) is 14.1. The van der Waals surface area contributed by atoms with Crippen LogP contribution in [-0.2, 0) is 4.57 Å². The van der Waals surface area contributed by atoms with Crippen LogP contribution in [0.4, 0.5) is 5.69 Å². The summed E-state index contributed by atoms with van der Waals surface area (Å²) in [7, 11) is -2.78. The van der Waals surface area contributed by atoms with Crippen LogP contribution < -0.4 is 15.5 Å². The van der Waals surface area contributed by atoms with Crippen molar-refractivity contribution < 1.29 is 4.57 Å². The van der Waals surface area contributed by atoms with Gasteiger partial charge in [-0.2, -0.15) is 0 Å². The Balaban J connectivity index is 2.24. The van der Waals surface area contributed by atoms with Gasteiger partial charge in [0, 0.05) is 34.7 Å². The molecule has 2 aromatic carbocycles. The van der Waals surface area contributed by atoms with E-state index >= 15 is 0 Å². The van der Waals surface area contributed by atoms with Crippen LogP contribution in [0.25, 0.3) is 5.57 Å². The lowest BCUT2D eigenvalue weighted by Gasteiger charge is -2.24. The smallest absolute Gasteiger partial charge is 0.168 e. The lowest BCUT2D eigenvalue weighted by atomic mass is 9.98. The van der Waals surface area contributed by atoms with Crippen LogP contribution in [0, 0.1) is 0 Å². The van der Waals surface area contributed by atoms with Gasteiger partial charge in [0.2, 0.25) is 0 Å². The van der Waals surface area contributed by atoms with E-state index in [0.717, 1.165) is 62.2 Å². The fourth-order valence-electron chi connectivity index (χ4n) is 4.53. The zero-order valence-electron chi connectivity index (χ0n) is 18.6. The maximum atomic E-state index is 14.9. The highest BCUT2D eigenvalue weighted by Crippen LogP contribution is 2.62. The molecule has 0 amide bonds. The zero-order chi connectivity index (χ0) is 20.9. The van der Waals surface area contributed by atoms with Crippen molar-refractivity contribution in [2.24, 2.45) is 0 Å². The number of allylic oxidation sites excluding steroid dienone is 2. The molecule has 1 unspecified atom stereocenters. The molecule has 0 N–H and O–H groups in total. The van der Waals surface area contributed by atoms with Gasteiger partial charge in [0.15, 0.2) is 7.14 Å². The van der Waals surface area contributed by atoms with Gasteiger partial charge in [0.05, 0.1) is 0 Å². The van der Waals surface area contributed by atoms with Crippen molar-refractivity contribution in [1.29, 1.82) is 0 Å². The molecule has 0 saturated heterocycles. The number of fused-ring (bicyclic) bond motifs is 1. The topological polar surface area (TPSA) is 20.3 Å². The normalized spacial score (nSPS) is 18.2. The van der Waals surface area contributed by atoms with Crippen LogP contribution in [0.3, 0.4) is 0 Å². The van der Waals surface area contributed by atoms with Crippen LogP contribution >= 0.6 is 7.14 Å². The molecule has 2 nitrogen and oxygen atoms in total. The SMILES string of the molecule is CCCCC1=C(CCCC)P(=O)(c2ccccc2)c2cc(N(CC)CC)ccc21. The first-order valence-corrected chi connectivity index (χ1v) is 13.1. The van der Waals surface area contributed by atoms with Gasteiger partial charge in [-0.15, -0.1) is 0 Å². The Bertz CT molecular complexity index is 896. The largest absolute Gasteiger partial charge is 0.372 e. The number of anilines is 1. The summed E-state index contributed by atoms with van der Waals surface area (Å²) in [5.74, 6) is 0. The van der Waals surface area contributed by atoms with Gasteiger partial charge in [-0.05, 0) is 62.8 Å². The van der Waals surface area contributed by atoms with Crippen LogP contribution in [-0.4, -0.2) is 13.1 Å². The third-order valence-electron chi connectivity index (χ3n) is 6.17. The van der Waals surface area contributed by atoms with Gasteiger partial charge >= 0.3 is 0 Å². The Morgan fingerprint density at radius 3 is 2.10 bits per heavy atom. The zero-order valence-corrected chi connectivity index (χ0v) is 19.5. The fraction of sp³-hybridized carbons (Fsp3) is 0.462. The van der Waals surface area contributed by atoms with Crippen molar-refractivity contribution in [1.82, 2.24) is 0 Å². The first kappa shape index (κ1) is 21.9. The summed E-state index contributed by atoms with van der Waals surface area (Å²) in [6.07, 6.45) is 6.50. The van der Waals surface area contributed by atoms with Crippen molar-refractivity contribution in [3.63, 3.8) is 0 Å². The monoisotopic (exact) mass is 409 g/mol. The minimum absolute atomic E-state index is 0.941. The molecule has 1 aliphatic rings. The van der Waals surface area contributed by atoms with Crippen molar-refractivity contribution in [3.8, 4) is 0 Å². The van der Waals surface area contributed by atoms with Crippen LogP contribution in [0.1, 0.15) is 71.8 Å². The van der Waals surface area contributed by atoms with Crippen LogP contribution in [0.5, 0.6) is 0 Å². The molecule has 1 aliphatic heterocycles. The molecule has 0 aliphatic carbocycles. The molecule has 0 aromatic heterocycles. The minimum atomic E-state index is -2.78. The number of rotatable bonds is 10. The van der Waals surface area contributed by atoms with E-state index in [9.17, 15) is 4.57 Å². The second-order valence-corrected chi connectivity index (χ2v) is 10.7. The lowest BCUT2D eigenvalue weighted by molar-refractivity contribution is 0.589. The molecule has 1 atom stereocenters. The Morgan fingerprint density at radius 2 is 1.48 bits per heavy atom. The number of unbranched alkanes of at least 4 members (excludes halogenated alkanes) is 2. The fourth-order valence-corrected chi connectivity index (χ4v) is 7.95. The third-order valence-corrected chi connectivity index (χ3v) is 9.50. The molecule has 2 aromatic rings. The van der Waals surface area contributed by atoms with Gasteiger partial charge in [-0.3, -0.25) is 0 Å². The van der Waals surface area contributed by atoms with E-state index < -0.39 is 7.14 Å². The third kappa shape index (κ3) is 4.10. The second kappa shape index (κ2) is 9.81.